The number of nitrogens with two attached hydrogens (primary N) is 1. The molecule has 0 bridgehead atoms. The van der Waals surface area contributed by atoms with E-state index in [2.05, 4.69) is 0 Å². The first-order valence-electron chi connectivity index (χ1n) is 4.60. The molecule has 1 rings (SSSR count). The van der Waals surface area contributed by atoms with Crippen LogP contribution in [0.1, 0.15) is 12.5 Å². The lowest BCUT2D eigenvalue weighted by Gasteiger charge is -2.10. The maximum atomic E-state index is 11.1. The molecule has 1 aromatic rings. The topological polar surface area (TPSA) is 60.2 Å². The van der Waals surface area contributed by atoms with Gasteiger partial charge in [0.15, 0.2) is 5.12 Å². The molecule has 0 saturated heterocycles. The summed E-state index contributed by atoms with van der Waals surface area (Å²) in [4.78, 5) is 22.0. The summed E-state index contributed by atoms with van der Waals surface area (Å²) >= 11 is 0.989. The summed E-state index contributed by atoms with van der Waals surface area (Å²) in [6, 6.07) is 9.52. The number of carbonyl (C=O) groups is 2. The normalized spacial score (nSPS) is 12.1. The van der Waals surface area contributed by atoms with Gasteiger partial charge in [0.25, 0.3) is 0 Å². The molecule has 0 aliphatic rings. The summed E-state index contributed by atoms with van der Waals surface area (Å²) in [5.41, 5.74) is 6.23. The van der Waals surface area contributed by atoms with E-state index < -0.39 is 11.2 Å². The third-order valence-corrected chi connectivity index (χ3v) is 2.90. The lowest BCUT2D eigenvalue weighted by molar-refractivity contribution is -0.118. The fourth-order valence-corrected chi connectivity index (χ4v) is 2.02. The van der Waals surface area contributed by atoms with Crippen molar-refractivity contribution in [3.8, 4) is 0 Å². The number of hydrogen-bond acceptors (Lipinski definition) is 3. The molecule has 0 aliphatic heterocycles. The average Bonchev–Trinajstić information content (AvgIpc) is 2.17. The van der Waals surface area contributed by atoms with Crippen LogP contribution in [0.4, 0.5) is 0 Å². The van der Waals surface area contributed by atoms with Gasteiger partial charge in [0.1, 0.15) is 0 Å². The van der Waals surface area contributed by atoms with E-state index in [0.717, 1.165) is 17.3 Å². The van der Waals surface area contributed by atoms with Gasteiger partial charge >= 0.3 is 0 Å². The molecule has 4 heteroatoms. The molecule has 2 N–H and O–H groups in total. The Hall–Kier alpha value is -1.29. The highest BCUT2D eigenvalue weighted by atomic mass is 32.2. The van der Waals surface area contributed by atoms with Crippen LogP contribution in [0.15, 0.2) is 30.3 Å². The first-order chi connectivity index (χ1) is 7.09. The number of benzene rings is 1. The summed E-state index contributed by atoms with van der Waals surface area (Å²) in [5, 5.41) is -0.556. The van der Waals surface area contributed by atoms with Crippen LogP contribution in [0.5, 0.6) is 0 Å². The summed E-state index contributed by atoms with van der Waals surface area (Å²) in [6.45, 7) is 1.44. The third-order valence-electron chi connectivity index (χ3n) is 1.89. The zero-order chi connectivity index (χ0) is 11.3. The second kappa shape index (κ2) is 5.56. The summed E-state index contributed by atoms with van der Waals surface area (Å²) in [6.07, 6.45) is 0.500. The van der Waals surface area contributed by atoms with Crippen molar-refractivity contribution in [1.29, 1.82) is 0 Å². The predicted molar refractivity (Wildman–Crippen MR) is 61.4 cm³/mol. The molecule has 0 spiro atoms. The highest BCUT2D eigenvalue weighted by Crippen LogP contribution is 2.16. The molecule has 1 atom stereocenters. The van der Waals surface area contributed by atoms with E-state index in [1.54, 1.807) is 0 Å². The van der Waals surface area contributed by atoms with Gasteiger partial charge in [-0.05, 0) is 12.0 Å². The first kappa shape index (κ1) is 11.8. The van der Waals surface area contributed by atoms with Crippen molar-refractivity contribution in [2.75, 3.05) is 0 Å². The molecule has 1 amide bonds. The first-order valence-corrected chi connectivity index (χ1v) is 5.48. The molecule has 15 heavy (non-hydrogen) atoms. The SMILES string of the molecule is CC(=O)SC(Cc1ccccc1)C(N)=O. The highest BCUT2D eigenvalue weighted by molar-refractivity contribution is 8.14. The number of thioether (sulfide) groups is 1. The second-order valence-electron chi connectivity index (χ2n) is 3.19. The summed E-state index contributed by atoms with van der Waals surface area (Å²) in [5.74, 6) is -0.445. The number of hydrogen-bond donors (Lipinski definition) is 1. The number of rotatable bonds is 4. The Balaban J connectivity index is 2.67. The third kappa shape index (κ3) is 4.16. The van der Waals surface area contributed by atoms with Crippen molar-refractivity contribution in [2.45, 2.75) is 18.6 Å². The van der Waals surface area contributed by atoms with Crippen molar-refractivity contribution in [1.82, 2.24) is 0 Å². The maximum absolute atomic E-state index is 11.1. The zero-order valence-electron chi connectivity index (χ0n) is 8.47. The van der Waals surface area contributed by atoms with Crippen LogP contribution in [-0.2, 0) is 16.0 Å². The number of amides is 1. The predicted octanol–water partition coefficient (Wildman–Crippen LogP) is 1.36. The molecule has 80 valence electrons. The van der Waals surface area contributed by atoms with E-state index in [9.17, 15) is 9.59 Å². The van der Waals surface area contributed by atoms with Gasteiger partial charge in [0.05, 0.1) is 5.25 Å². The van der Waals surface area contributed by atoms with Crippen molar-refractivity contribution in [3.05, 3.63) is 35.9 Å². The van der Waals surface area contributed by atoms with E-state index >= 15 is 0 Å². The Labute approximate surface area is 93.0 Å². The van der Waals surface area contributed by atoms with Gasteiger partial charge in [-0.25, -0.2) is 0 Å². The molecule has 0 aliphatic carbocycles. The lowest BCUT2D eigenvalue weighted by atomic mass is 10.1. The zero-order valence-corrected chi connectivity index (χ0v) is 9.29. The molecule has 3 nitrogen and oxygen atoms in total. The number of carbonyl (C=O) groups excluding carboxylic acids is 2. The Bertz CT molecular complexity index is 351. The summed E-state index contributed by atoms with van der Waals surface area (Å²) in [7, 11) is 0. The van der Waals surface area contributed by atoms with Gasteiger partial charge in [-0.2, -0.15) is 0 Å². The van der Waals surface area contributed by atoms with Gasteiger partial charge in [-0.3, -0.25) is 9.59 Å². The van der Waals surface area contributed by atoms with E-state index in [-0.39, 0.29) is 5.12 Å². The molecular formula is C11H13NO2S. The Morgan fingerprint density at radius 3 is 2.40 bits per heavy atom. The van der Waals surface area contributed by atoms with Gasteiger partial charge in [-0.15, -0.1) is 0 Å². The van der Waals surface area contributed by atoms with Crippen molar-refractivity contribution in [2.24, 2.45) is 5.73 Å². The van der Waals surface area contributed by atoms with Crippen LogP contribution in [0.25, 0.3) is 0 Å². The van der Waals surface area contributed by atoms with Crippen molar-refractivity contribution < 1.29 is 9.59 Å². The largest absolute Gasteiger partial charge is 0.369 e. The minimum atomic E-state index is -0.468. The van der Waals surface area contributed by atoms with Crippen LogP contribution < -0.4 is 5.73 Å². The standard InChI is InChI=1S/C11H13NO2S/c1-8(13)15-10(11(12)14)7-9-5-3-2-4-6-9/h2-6,10H,7H2,1H3,(H2,12,14). The monoisotopic (exact) mass is 223 g/mol. The van der Waals surface area contributed by atoms with Gasteiger partial charge in [0, 0.05) is 6.92 Å². The van der Waals surface area contributed by atoms with E-state index in [1.165, 1.54) is 6.92 Å². The minimum absolute atomic E-state index is 0.0882. The summed E-state index contributed by atoms with van der Waals surface area (Å²) < 4.78 is 0. The smallest absolute Gasteiger partial charge is 0.231 e. The second-order valence-corrected chi connectivity index (χ2v) is 4.57. The van der Waals surface area contributed by atoms with E-state index in [0.29, 0.717) is 6.42 Å². The van der Waals surface area contributed by atoms with Crippen LogP contribution in [-0.4, -0.2) is 16.3 Å². The Kier molecular flexibility index (Phi) is 4.37. The van der Waals surface area contributed by atoms with Crippen LogP contribution in [0, 0.1) is 0 Å². The molecule has 0 aromatic heterocycles. The number of primary amides is 1. The minimum Gasteiger partial charge on any atom is -0.369 e. The van der Waals surface area contributed by atoms with Crippen molar-refractivity contribution >= 4 is 22.8 Å². The Morgan fingerprint density at radius 1 is 1.33 bits per heavy atom. The van der Waals surface area contributed by atoms with Gasteiger partial charge < -0.3 is 5.73 Å². The highest BCUT2D eigenvalue weighted by Gasteiger charge is 2.18. The van der Waals surface area contributed by atoms with Gasteiger partial charge in [0.2, 0.25) is 5.91 Å². The molecule has 0 fully saturated rings. The molecule has 0 radical (unpaired) electrons. The van der Waals surface area contributed by atoms with Gasteiger partial charge in [-0.1, -0.05) is 42.1 Å². The molecule has 0 saturated carbocycles. The molecule has 1 unspecified atom stereocenters. The van der Waals surface area contributed by atoms with Crippen LogP contribution >= 0.6 is 11.8 Å². The molecule has 0 heterocycles. The Morgan fingerprint density at radius 2 is 1.93 bits per heavy atom. The fraction of sp³-hybridized carbons (Fsp3) is 0.273. The average molecular weight is 223 g/mol. The fourth-order valence-electron chi connectivity index (χ4n) is 1.23. The van der Waals surface area contributed by atoms with Crippen LogP contribution in [0.2, 0.25) is 0 Å². The molecule has 1 aromatic carbocycles. The van der Waals surface area contributed by atoms with E-state index in [4.69, 9.17) is 5.73 Å². The lowest BCUT2D eigenvalue weighted by Crippen LogP contribution is -2.28. The van der Waals surface area contributed by atoms with Crippen LogP contribution in [0.3, 0.4) is 0 Å². The van der Waals surface area contributed by atoms with E-state index in [1.807, 2.05) is 30.3 Å². The molecular weight excluding hydrogens is 210 g/mol. The quantitative estimate of drug-likeness (QED) is 0.838. The van der Waals surface area contributed by atoms with Crippen molar-refractivity contribution in [3.63, 3.8) is 0 Å². The maximum Gasteiger partial charge on any atom is 0.231 e.